The number of halogens is 1. The SMILES string of the molecule is Cc1cc(CNC(=O)c2cc(-c3cccc(Cl)c3)no2)no1. The summed E-state index contributed by atoms with van der Waals surface area (Å²) in [5, 5.41) is 10.9. The van der Waals surface area contributed by atoms with Crippen LogP contribution in [0.3, 0.4) is 0 Å². The number of carbonyl (C=O) groups is 1. The number of hydrogen-bond acceptors (Lipinski definition) is 5. The van der Waals surface area contributed by atoms with Gasteiger partial charge in [-0.25, -0.2) is 0 Å². The second kappa shape index (κ2) is 6.03. The zero-order valence-corrected chi connectivity index (χ0v) is 12.4. The fourth-order valence-electron chi connectivity index (χ4n) is 1.93. The minimum atomic E-state index is -0.374. The monoisotopic (exact) mass is 317 g/mol. The van der Waals surface area contributed by atoms with Crippen molar-refractivity contribution in [2.75, 3.05) is 0 Å². The summed E-state index contributed by atoms with van der Waals surface area (Å²) in [6.07, 6.45) is 0. The molecule has 112 valence electrons. The number of carbonyl (C=O) groups excluding carboxylic acids is 1. The molecule has 0 spiro atoms. The van der Waals surface area contributed by atoms with Crippen LogP contribution in [0.5, 0.6) is 0 Å². The molecule has 3 rings (SSSR count). The Labute approximate surface area is 131 Å². The fraction of sp³-hybridized carbons (Fsp3) is 0.133. The van der Waals surface area contributed by atoms with E-state index in [4.69, 9.17) is 20.6 Å². The van der Waals surface area contributed by atoms with Gasteiger partial charge < -0.3 is 14.4 Å². The molecule has 3 aromatic rings. The van der Waals surface area contributed by atoms with Gasteiger partial charge in [-0.1, -0.05) is 34.0 Å². The second-order valence-electron chi connectivity index (χ2n) is 4.70. The summed E-state index contributed by atoms with van der Waals surface area (Å²) < 4.78 is 9.99. The average Bonchev–Trinajstić information content (AvgIpc) is 3.14. The van der Waals surface area contributed by atoms with Crippen LogP contribution in [-0.2, 0) is 6.54 Å². The lowest BCUT2D eigenvalue weighted by atomic mass is 10.1. The van der Waals surface area contributed by atoms with Gasteiger partial charge in [-0.05, 0) is 19.1 Å². The van der Waals surface area contributed by atoms with E-state index < -0.39 is 0 Å². The summed E-state index contributed by atoms with van der Waals surface area (Å²) in [7, 11) is 0. The van der Waals surface area contributed by atoms with E-state index in [2.05, 4.69) is 15.6 Å². The van der Waals surface area contributed by atoms with Gasteiger partial charge >= 0.3 is 0 Å². The molecular weight excluding hydrogens is 306 g/mol. The Kier molecular flexibility index (Phi) is 3.93. The highest BCUT2D eigenvalue weighted by Crippen LogP contribution is 2.22. The predicted octanol–water partition coefficient (Wildman–Crippen LogP) is 3.22. The van der Waals surface area contributed by atoms with Crippen LogP contribution in [0.15, 0.2) is 45.4 Å². The maximum Gasteiger partial charge on any atom is 0.290 e. The highest BCUT2D eigenvalue weighted by molar-refractivity contribution is 6.30. The van der Waals surface area contributed by atoms with E-state index in [0.717, 1.165) is 5.56 Å². The molecule has 0 saturated carbocycles. The molecule has 1 aromatic carbocycles. The molecule has 1 N–H and O–H groups in total. The molecular formula is C15H12ClN3O3. The number of aryl methyl sites for hydroxylation is 1. The molecule has 6 nitrogen and oxygen atoms in total. The molecule has 7 heteroatoms. The summed E-state index contributed by atoms with van der Waals surface area (Å²) in [4.78, 5) is 12.0. The van der Waals surface area contributed by atoms with E-state index in [1.807, 2.05) is 6.07 Å². The first-order valence-electron chi connectivity index (χ1n) is 6.55. The number of benzene rings is 1. The Morgan fingerprint density at radius 3 is 2.82 bits per heavy atom. The van der Waals surface area contributed by atoms with Crippen LogP contribution in [0.1, 0.15) is 22.0 Å². The summed E-state index contributed by atoms with van der Waals surface area (Å²) >= 11 is 5.93. The maximum atomic E-state index is 12.0. The standard InChI is InChI=1S/C15H12ClN3O3/c1-9-5-12(18-21-9)8-17-15(20)14-7-13(19-22-14)10-3-2-4-11(16)6-10/h2-7H,8H2,1H3,(H,17,20). The van der Waals surface area contributed by atoms with Gasteiger partial charge in [0.25, 0.3) is 5.91 Å². The summed E-state index contributed by atoms with van der Waals surface area (Å²) in [5.74, 6) is 0.434. The average molecular weight is 318 g/mol. The van der Waals surface area contributed by atoms with Crippen molar-refractivity contribution in [2.45, 2.75) is 13.5 Å². The molecule has 0 unspecified atom stereocenters. The largest absolute Gasteiger partial charge is 0.361 e. The van der Waals surface area contributed by atoms with E-state index >= 15 is 0 Å². The van der Waals surface area contributed by atoms with Gasteiger partial charge in [0.2, 0.25) is 5.76 Å². The van der Waals surface area contributed by atoms with E-state index in [1.165, 1.54) is 0 Å². The van der Waals surface area contributed by atoms with Crippen LogP contribution in [-0.4, -0.2) is 16.2 Å². The van der Waals surface area contributed by atoms with E-state index in [1.54, 1.807) is 37.3 Å². The lowest BCUT2D eigenvalue weighted by Crippen LogP contribution is -2.22. The highest BCUT2D eigenvalue weighted by atomic mass is 35.5. The first-order chi connectivity index (χ1) is 10.6. The molecule has 0 saturated heterocycles. The van der Waals surface area contributed by atoms with Gasteiger partial charge in [0.1, 0.15) is 17.1 Å². The molecule has 22 heavy (non-hydrogen) atoms. The molecule has 2 aromatic heterocycles. The van der Waals surface area contributed by atoms with Crippen molar-refractivity contribution in [3.8, 4) is 11.3 Å². The molecule has 1 amide bonds. The smallest absolute Gasteiger partial charge is 0.290 e. The number of nitrogens with one attached hydrogen (secondary N) is 1. The number of aromatic nitrogens is 2. The Hall–Kier alpha value is -2.60. The molecule has 0 atom stereocenters. The van der Waals surface area contributed by atoms with Gasteiger partial charge in [-0.3, -0.25) is 4.79 Å². The molecule has 0 aliphatic carbocycles. The van der Waals surface area contributed by atoms with Crippen molar-refractivity contribution in [1.29, 1.82) is 0 Å². The van der Waals surface area contributed by atoms with Crippen molar-refractivity contribution in [1.82, 2.24) is 15.6 Å². The topological polar surface area (TPSA) is 81.2 Å². The zero-order chi connectivity index (χ0) is 15.5. The van der Waals surface area contributed by atoms with E-state index in [-0.39, 0.29) is 18.2 Å². The van der Waals surface area contributed by atoms with Crippen molar-refractivity contribution in [2.24, 2.45) is 0 Å². The van der Waals surface area contributed by atoms with Gasteiger partial charge in [-0.15, -0.1) is 0 Å². The Morgan fingerprint density at radius 2 is 2.09 bits per heavy atom. The minimum Gasteiger partial charge on any atom is -0.361 e. The Morgan fingerprint density at radius 1 is 1.23 bits per heavy atom. The Bertz CT molecular complexity index is 810. The number of rotatable bonds is 4. The second-order valence-corrected chi connectivity index (χ2v) is 5.13. The zero-order valence-electron chi connectivity index (χ0n) is 11.7. The van der Waals surface area contributed by atoms with Crippen LogP contribution < -0.4 is 5.32 Å². The van der Waals surface area contributed by atoms with Crippen LogP contribution in [0.2, 0.25) is 5.02 Å². The predicted molar refractivity (Wildman–Crippen MR) is 79.4 cm³/mol. The first kappa shape index (κ1) is 14.3. The summed E-state index contributed by atoms with van der Waals surface area (Å²) in [6, 6.07) is 10.5. The van der Waals surface area contributed by atoms with Crippen LogP contribution in [0.4, 0.5) is 0 Å². The van der Waals surface area contributed by atoms with E-state index in [9.17, 15) is 4.79 Å². The van der Waals surface area contributed by atoms with Crippen LogP contribution in [0, 0.1) is 6.92 Å². The van der Waals surface area contributed by atoms with Gasteiger partial charge in [0.05, 0.1) is 6.54 Å². The quantitative estimate of drug-likeness (QED) is 0.799. The van der Waals surface area contributed by atoms with Gasteiger partial charge in [-0.2, -0.15) is 0 Å². The molecule has 0 fully saturated rings. The lowest BCUT2D eigenvalue weighted by Gasteiger charge is -1.97. The van der Waals surface area contributed by atoms with Crippen molar-refractivity contribution < 1.29 is 13.8 Å². The Balaban J connectivity index is 1.69. The maximum absolute atomic E-state index is 12.0. The van der Waals surface area contributed by atoms with Crippen LogP contribution in [0.25, 0.3) is 11.3 Å². The van der Waals surface area contributed by atoms with Gasteiger partial charge in [0, 0.05) is 22.7 Å². The molecule has 0 aliphatic heterocycles. The third-order valence-electron chi connectivity index (χ3n) is 2.96. The number of amides is 1. The minimum absolute atomic E-state index is 0.121. The van der Waals surface area contributed by atoms with Crippen molar-refractivity contribution in [3.63, 3.8) is 0 Å². The lowest BCUT2D eigenvalue weighted by molar-refractivity contribution is 0.0913. The first-order valence-corrected chi connectivity index (χ1v) is 6.92. The summed E-state index contributed by atoms with van der Waals surface area (Å²) in [5.41, 5.74) is 1.97. The fourth-order valence-corrected chi connectivity index (χ4v) is 2.12. The van der Waals surface area contributed by atoms with Crippen molar-refractivity contribution >= 4 is 17.5 Å². The van der Waals surface area contributed by atoms with Crippen LogP contribution >= 0.6 is 11.6 Å². The molecule has 0 bridgehead atoms. The third-order valence-corrected chi connectivity index (χ3v) is 3.20. The van der Waals surface area contributed by atoms with E-state index in [0.29, 0.717) is 22.2 Å². The highest BCUT2D eigenvalue weighted by Gasteiger charge is 2.14. The molecule has 2 heterocycles. The number of nitrogens with zero attached hydrogens (tertiary/aromatic N) is 2. The molecule has 0 radical (unpaired) electrons. The third kappa shape index (κ3) is 3.17. The number of hydrogen-bond donors (Lipinski definition) is 1. The summed E-state index contributed by atoms with van der Waals surface area (Å²) in [6.45, 7) is 2.04. The molecule has 0 aliphatic rings. The van der Waals surface area contributed by atoms with Gasteiger partial charge in [0.15, 0.2) is 0 Å². The van der Waals surface area contributed by atoms with Crippen molar-refractivity contribution in [3.05, 3.63) is 58.6 Å². The normalized spacial score (nSPS) is 10.6.